The largest absolute Gasteiger partial charge is 0.420 e. The summed E-state index contributed by atoms with van der Waals surface area (Å²) in [5.41, 5.74) is 5.08. The number of hydrogen-bond donors (Lipinski definition) is 1. The first-order valence-corrected chi connectivity index (χ1v) is 5.93. The van der Waals surface area contributed by atoms with Crippen LogP contribution in [0.4, 0.5) is 5.69 Å². The summed E-state index contributed by atoms with van der Waals surface area (Å²) in [4.78, 5) is 0. The Labute approximate surface area is 102 Å². The smallest absolute Gasteiger partial charge is 0.313 e. The Morgan fingerprint density at radius 1 is 0.941 bits per heavy atom. The molecule has 1 heterocycles. The van der Waals surface area contributed by atoms with Crippen LogP contribution in [0.5, 0.6) is 0 Å². The van der Waals surface area contributed by atoms with E-state index in [2.05, 4.69) is 72.7 Å². The van der Waals surface area contributed by atoms with Crippen LogP contribution in [-0.4, -0.2) is 6.85 Å². The van der Waals surface area contributed by atoms with Gasteiger partial charge in [0.25, 0.3) is 0 Å². The second kappa shape index (κ2) is 4.13. The molecule has 0 radical (unpaired) electrons. The van der Waals surface area contributed by atoms with Gasteiger partial charge in [-0.25, -0.2) is 0 Å². The van der Waals surface area contributed by atoms with Gasteiger partial charge >= 0.3 is 6.85 Å². The van der Waals surface area contributed by atoms with E-state index in [0.717, 1.165) is 0 Å². The van der Waals surface area contributed by atoms with E-state index in [1.54, 1.807) is 0 Å². The Morgan fingerprint density at radius 3 is 2.53 bits per heavy atom. The van der Waals surface area contributed by atoms with Crippen molar-refractivity contribution in [2.24, 2.45) is 0 Å². The molecule has 0 unspecified atom stereocenters. The lowest BCUT2D eigenvalue weighted by atomic mass is 9.54. The lowest BCUT2D eigenvalue weighted by Gasteiger charge is -2.19. The molecule has 0 atom stereocenters. The molecule has 2 aromatic carbocycles. The fourth-order valence-corrected chi connectivity index (χ4v) is 2.16. The topological polar surface area (TPSA) is 12.0 Å². The number of aryl methyl sites for hydroxylation is 1. The summed E-state index contributed by atoms with van der Waals surface area (Å²) in [6.07, 6.45) is 2.19. The van der Waals surface area contributed by atoms with Gasteiger partial charge in [0.1, 0.15) is 0 Å². The van der Waals surface area contributed by atoms with Gasteiger partial charge in [-0.15, -0.1) is 0 Å². The molecule has 2 heteroatoms. The maximum absolute atomic E-state index is 3.55. The number of para-hydroxylation sites is 1. The van der Waals surface area contributed by atoms with Crippen LogP contribution in [0.15, 0.2) is 54.5 Å². The summed E-state index contributed by atoms with van der Waals surface area (Å²) in [7, 11) is 0. The van der Waals surface area contributed by atoms with Crippen molar-refractivity contribution >= 4 is 24.1 Å². The first-order chi connectivity index (χ1) is 8.33. The maximum Gasteiger partial charge on any atom is 0.313 e. The van der Waals surface area contributed by atoms with Crippen molar-refractivity contribution in [3.05, 3.63) is 65.6 Å². The number of anilines is 1. The fourth-order valence-electron chi connectivity index (χ4n) is 2.16. The lowest BCUT2D eigenvalue weighted by Crippen LogP contribution is -2.38. The zero-order valence-electron chi connectivity index (χ0n) is 9.85. The summed E-state index contributed by atoms with van der Waals surface area (Å²) >= 11 is 0. The molecule has 0 saturated carbocycles. The third-order valence-corrected chi connectivity index (χ3v) is 3.18. The minimum atomic E-state index is 0.283. The molecule has 82 valence electrons. The molecule has 1 nitrogen and oxygen atoms in total. The minimum absolute atomic E-state index is 0.283. The Morgan fingerprint density at radius 2 is 1.71 bits per heavy atom. The molecule has 1 aliphatic rings. The monoisotopic (exact) mass is 219 g/mol. The average Bonchev–Trinajstić information content (AvgIpc) is 2.39. The molecule has 0 saturated heterocycles. The van der Waals surface area contributed by atoms with Crippen LogP contribution in [0, 0.1) is 6.92 Å². The molecule has 0 amide bonds. The molecular weight excluding hydrogens is 205 g/mol. The number of fused-ring (bicyclic) bond motifs is 1. The van der Waals surface area contributed by atoms with Gasteiger partial charge in [0.15, 0.2) is 0 Å². The maximum atomic E-state index is 3.55. The third-order valence-electron chi connectivity index (χ3n) is 3.18. The summed E-state index contributed by atoms with van der Waals surface area (Å²) in [5, 5.41) is 3.55. The van der Waals surface area contributed by atoms with Gasteiger partial charge < -0.3 is 5.23 Å². The summed E-state index contributed by atoms with van der Waals surface area (Å²) < 4.78 is 0. The van der Waals surface area contributed by atoms with Crippen molar-refractivity contribution in [2.45, 2.75) is 6.92 Å². The first-order valence-electron chi connectivity index (χ1n) is 5.93. The van der Waals surface area contributed by atoms with Crippen LogP contribution in [0.3, 0.4) is 0 Å². The van der Waals surface area contributed by atoms with Crippen molar-refractivity contribution in [1.82, 2.24) is 0 Å². The predicted molar refractivity (Wildman–Crippen MR) is 75.7 cm³/mol. The van der Waals surface area contributed by atoms with E-state index < -0.39 is 0 Å². The highest BCUT2D eigenvalue weighted by Crippen LogP contribution is 2.20. The standard InChI is InChI=1S/C15H14BN/c1-12-6-8-14(9-7-12)16-11-10-13-4-2-3-5-15(13)17-16/h2-11,17H,1H3. The second-order valence-electron chi connectivity index (χ2n) is 4.48. The van der Waals surface area contributed by atoms with E-state index in [-0.39, 0.29) is 6.85 Å². The molecule has 17 heavy (non-hydrogen) atoms. The Kier molecular flexibility index (Phi) is 2.48. The van der Waals surface area contributed by atoms with E-state index in [4.69, 9.17) is 0 Å². The fraction of sp³-hybridized carbons (Fsp3) is 0.0667. The molecule has 0 bridgehead atoms. The quantitative estimate of drug-likeness (QED) is 0.727. The summed E-state index contributed by atoms with van der Waals surface area (Å²) in [5.74, 6) is 2.22. The molecule has 2 aromatic rings. The highest BCUT2D eigenvalue weighted by atomic mass is 14.8. The summed E-state index contributed by atoms with van der Waals surface area (Å²) in [6, 6.07) is 17.1. The number of hydrogen-bond acceptors (Lipinski definition) is 1. The van der Waals surface area contributed by atoms with Gasteiger partial charge in [0.2, 0.25) is 0 Å². The average molecular weight is 219 g/mol. The minimum Gasteiger partial charge on any atom is -0.420 e. The van der Waals surface area contributed by atoms with Crippen LogP contribution in [-0.2, 0) is 0 Å². The molecule has 0 spiro atoms. The highest BCUT2D eigenvalue weighted by molar-refractivity contribution is 6.81. The third kappa shape index (κ3) is 1.98. The van der Waals surface area contributed by atoms with E-state index in [1.807, 2.05) is 0 Å². The van der Waals surface area contributed by atoms with E-state index in [9.17, 15) is 0 Å². The second-order valence-corrected chi connectivity index (χ2v) is 4.48. The van der Waals surface area contributed by atoms with Crippen molar-refractivity contribution < 1.29 is 0 Å². The summed E-state index contributed by atoms with van der Waals surface area (Å²) in [6.45, 7) is 2.40. The molecule has 0 aromatic heterocycles. The number of rotatable bonds is 1. The van der Waals surface area contributed by atoms with Gasteiger partial charge in [-0.3, -0.25) is 0 Å². The Balaban J connectivity index is 1.92. The van der Waals surface area contributed by atoms with Crippen LogP contribution >= 0.6 is 0 Å². The van der Waals surface area contributed by atoms with Gasteiger partial charge in [0, 0.05) is 5.69 Å². The van der Waals surface area contributed by atoms with Crippen molar-refractivity contribution in [3.8, 4) is 0 Å². The number of benzene rings is 2. The SMILES string of the molecule is Cc1ccc(B2C=Cc3ccccc3N2)cc1. The van der Waals surface area contributed by atoms with Crippen molar-refractivity contribution in [1.29, 1.82) is 0 Å². The molecule has 1 aliphatic heterocycles. The van der Waals surface area contributed by atoms with Crippen LogP contribution < -0.4 is 10.7 Å². The van der Waals surface area contributed by atoms with E-state index in [0.29, 0.717) is 0 Å². The van der Waals surface area contributed by atoms with E-state index >= 15 is 0 Å². The van der Waals surface area contributed by atoms with Gasteiger partial charge in [-0.05, 0) is 18.6 Å². The highest BCUT2D eigenvalue weighted by Gasteiger charge is 2.18. The van der Waals surface area contributed by atoms with Crippen LogP contribution in [0.2, 0.25) is 0 Å². The van der Waals surface area contributed by atoms with E-state index in [1.165, 1.54) is 22.3 Å². The van der Waals surface area contributed by atoms with Crippen LogP contribution in [0.25, 0.3) is 6.08 Å². The normalized spacial score (nSPS) is 13.1. The molecule has 1 N–H and O–H groups in total. The molecular formula is C15H14BN. The van der Waals surface area contributed by atoms with Crippen molar-refractivity contribution in [3.63, 3.8) is 0 Å². The van der Waals surface area contributed by atoms with Crippen molar-refractivity contribution in [2.75, 3.05) is 5.23 Å². The van der Waals surface area contributed by atoms with Gasteiger partial charge in [0.05, 0.1) is 0 Å². The number of nitrogens with one attached hydrogen (secondary N) is 1. The van der Waals surface area contributed by atoms with Gasteiger partial charge in [-0.1, -0.05) is 65.5 Å². The lowest BCUT2D eigenvalue weighted by molar-refractivity contribution is 1.49. The van der Waals surface area contributed by atoms with Gasteiger partial charge in [-0.2, -0.15) is 0 Å². The van der Waals surface area contributed by atoms with Crippen LogP contribution in [0.1, 0.15) is 11.1 Å². The molecule has 0 aliphatic carbocycles. The Bertz CT molecular complexity index is 557. The Hall–Kier alpha value is -1.96. The molecule has 0 fully saturated rings. The molecule has 3 rings (SSSR count). The zero-order valence-corrected chi connectivity index (χ0v) is 9.85. The first kappa shape index (κ1) is 10.2. The predicted octanol–water partition coefficient (Wildman–Crippen LogP) is 2.87. The zero-order chi connectivity index (χ0) is 11.7.